The second-order valence-corrected chi connectivity index (χ2v) is 10.1. The first kappa shape index (κ1) is 26.6. The average Bonchev–Trinajstić information content (AvgIpc) is 3.42. The fourth-order valence-electron chi connectivity index (χ4n) is 5.01. The Balaban J connectivity index is 1.08. The summed E-state index contributed by atoms with van der Waals surface area (Å²) in [7, 11) is 0. The highest BCUT2D eigenvalue weighted by Gasteiger charge is 2.28. The number of aromatic nitrogens is 2. The molecule has 206 valence electrons. The van der Waals surface area contributed by atoms with Crippen LogP contribution in [0.2, 0.25) is 0 Å². The van der Waals surface area contributed by atoms with Gasteiger partial charge in [0.05, 0.1) is 18.3 Å². The maximum atomic E-state index is 12.7. The Morgan fingerprint density at radius 2 is 2.13 bits per heavy atom. The number of likely N-dealkylation sites (tertiary alicyclic amines) is 1. The molecule has 11 nitrogen and oxygen atoms in total. The van der Waals surface area contributed by atoms with Crippen molar-refractivity contribution in [2.24, 2.45) is 0 Å². The van der Waals surface area contributed by atoms with Crippen LogP contribution in [0.3, 0.4) is 0 Å². The molecular formula is C28H34N6O5. The minimum absolute atomic E-state index is 0.0514. The third kappa shape index (κ3) is 6.55. The Hall–Kier alpha value is -3.96. The molecule has 3 N–H and O–H groups in total. The first-order valence-corrected chi connectivity index (χ1v) is 13.1. The molecule has 1 fully saturated rings. The van der Waals surface area contributed by atoms with E-state index in [2.05, 4.69) is 38.5 Å². The lowest BCUT2D eigenvalue weighted by Crippen LogP contribution is -2.56. The molecule has 1 unspecified atom stereocenters. The number of pyridine rings is 1. The number of hydrogen-bond acceptors (Lipinski definition) is 9. The molecule has 1 aromatic carbocycles. The van der Waals surface area contributed by atoms with Crippen molar-refractivity contribution in [1.82, 2.24) is 25.1 Å². The van der Waals surface area contributed by atoms with E-state index in [0.717, 1.165) is 30.8 Å². The van der Waals surface area contributed by atoms with Gasteiger partial charge >= 0.3 is 0 Å². The summed E-state index contributed by atoms with van der Waals surface area (Å²) < 4.78 is 11.2. The van der Waals surface area contributed by atoms with Crippen LogP contribution >= 0.6 is 0 Å². The number of aliphatic hydroxyl groups excluding tert-OH is 1. The normalized spacial score (nSPS) is 16.2. The number of amides is 2. The summed E-state index contributed by atoms with van der Waals surface area (Å²) in [5, 5.41) is 16.7. The molecule has 11 heteroatoms. The Kier molecular flexibility index (Phi) is 8.08. The van der Waals surface area contributed by atoms with Crippen LogP contribution < -0.4 is 15.4 Å². The van der Waals surface area contributed by atoms with Gasteiger partial charge in [0.25, 0.3) is 5.91 Å². The smallest absolute Gasteiger partial charge is 0.251 e. The van der Waals surface area contributed by atoms with Gasteiger partial charge in [-0.25, -0.2) is 9.97 Å². The number of nitrogens with one attached hydrogen (secondary N) is 2. The monoisotopic (exact) mass is 534 g/mol. The largest absolute Gasteiger partial charge is 0.485 e. The van der Waals surface area contributed by atoms with E-state index in [1.54, 1.807) is 36.4 Å². The van der Waals surface area contributed by atoms with Crippen LogP contribution in [-0.4, -0.2) is 81.6 Å². The van der Waals surface area contributed by atoms with Crippen molar-refractivity contribution in [2.45, 2.75) is 45.6 Å². The maximum absolute atomic E-state index is 12.7. The summed E-state index contributed by atoms with van der Waals surface area (Å²) in [5.74, 6) is 1.88. The van der Waals surface area contributed by atoms with Crippen LogP contribution in [0.1, 0.15) is 39.7 Å². The lowest BCUT2D eigenvalue weighted by Gasteiger charge is -2.39. The number of anilines is 1. The average molecular weight is 535 g/mol. The Morgan fingerprint density at radius 3 is 2.90 bits per heavy atom. The number of ether oxygens (including phenoxy) is 1. The number of rotatable bonds is 10. The van der Waals surface area contributed by atoms with Gasteiger partial charge in [-0.3, -0.25) is 14.5 Å². The number of carbonyl (C=O) groups is 2. The molecular weight excluding hydrogens is 500 g/mol. The fourth-order valence-corrected chi connectivity index (χ4v) is 5.01. The third-order valence-corrected chi connectivity index (χ3v) is 7.24. The molecule has 3 aromatic rings. The van der Waals surface area contributed by atoms with E-state index in [4.69, 9.17) is 9.15 Å². The van der Waals surface area contributed by atoms with Gasteiger partial charge in [0.2, 0.25) is 5.91 Å². The molecule has 1 saturated heterocycles. The molecule has 39 heavy (non-hydrogen) atoms. The summed E-state index contributed by atoms with van der Waals surface area (Å²) in [6, 6.07) is 7.51. The molecule has 4 heterocycles. The Labute approximate surface area is 227 Å². The summed E-state index contributed by atoms with van der Waals surface area (Å²) in [5.41, 5.74) is 4.09. The first-order valence-electron chi connectivity index (χ1n) is 13.1. The third-order valence-electron chi connectivity index (χ3n) is 7.24. The van der Waals surface area contributed by atoms with E-state index in [0.29, 0.717) is 43.4 Å². The summed E-state index contributed by atoms with van der Waals surface area (Å²) >= 11 is 0. The number of aliphatic hydroxyl groups is 1. The van der Waals surface area contributed by atoms with Gasteiger partial charge < -0.3 is 29.8 Å². The predicted octanol–water partition coefficient (Wildman–Crippen LogP) is 1.75. The van der Waals surface area contributed by atoms with E-state index in [-0.39, 0.29) is 24.4 Å². The van der Waals surface area contributed by atoms with Crippen LogP contribution in [0.4, 0.5) is 5.82 Å². The number of benzene rings is 1. The Bertz CT molecular complexity index is 1310. The van der Waals surface area contributed by atoms with E-state index in [1.807, 2.05) is 6.07 Å². The minimum atomic E-state index is -0.701. The zero-order valence-electron chi connectivity index (χ0n) is 22.2. The minimum Gasteiger partial charge on any atom is -0.485 e. The topological polar surface area (TPSA) is 133 Å². The van der Waals surface area contributed by atoms with E-state index < -0.39 is 6.10 Å². The number of β-amino-alcohol motifs (C(OH)–C–C–N with tert-alkyl or cyclic N) is 1. The number of oxazole rings is 1. The van der Waals surface area contributed by atoms with Crippen LogP contribution in [-0.2, 0) is 24.4 Å². The van der Waals surface area contributed by atoms with Gasteiger partial charge in [0.1, 0.15) is 18.2 Å². The predicted molar refractivity (Wildman–Crippen MR) is 143 cm³/mol. The van der Waals surface area contributed by atoms with Crippen LogP contribution in [0, 0.1) is 6.92 Å². The van der Waals surface area contributed by atoms with E-state index >= 15 is 0 Å². The second kappa shape index (κ2) is 11.8. The quantitative estimate of drug-likeness (QED) is 0.356. The summed E-state index contributed by atoms with van der Waals surface area (Å²) in [6.45, 7) is 7.35. The van der Waals surface area contributed by atoms with E-state index in [9.17, 15) is 14.7 Å². The molecule has 0 bridgehead atoms. The van der Waals surface area contributed by atoms with Crippen molar-refractivity contribution in [2.75, 3.05) is 38.0 Å². The van der Waals surface area contributed by atoms with Gasteiger partial charge in [-0.1, -0.05) is 6.07 Å². The van der Waals surface area contributed by atoms with Crippen LogP contribution in [0.5, 0.6) is 5.75 Å². The fraction of sp³-hybridized carbons (Fsp3) is 0.429. The lowest BCUT2D eigenvalue weighted by atomic mass is 9.94. The molecule has 2 amide bonds. The van der Waals surface area contributed by atoms with Crippen LogP contribution in [0.15, 0.2) is 47.5 Å². The van der Waals surface area contributed by atoms with Crippen molar-refractivity contribution < 1.29 is 23.8 Å². The number of nitrogens with zero attached hydrogens (tertiary/aromatic N) is 4. The molecule has 0 saturated carbocycles. The van der Waals surface area contributed by atoms with Crippen molar-refractivity contribution in [3.63, 3.8) is 0 Å². The van der Waals surface area contributed by atoms with Gasteiger partial charge in [-0.15, -0.1) is 0 Å². The summed E-state index contributed by atoms with van der Waals surface area (Å²) in [6.07, 6.45) is 4.77. The van der Waals surface area contributed by atoms with Gasteiger partial charge in [0.15, 0.2) is 12.2 Å². The van der Waals surface area contributed by atoms with E-state index in [1.165, 1.54) is 17.5 Å². The van der Waals surface area contributed by atoms with Crippen molar-refractivity contribution in [1.29, 1.82) is 0 Å². The highest BCUT2D eigenvalue weighted by atomic mass is 16.5. The van der Waals surface area contributed by atoms with Gasteiger partial charge in [-0.05, 0) is 48.2 Å². The van der Waals surface area contributed by atoms with Gasteiger partial charge in [-0.2, -0.15) is 0 Å². The zero-order valence-corrected chi connectivity index (χ0v) is 22.2. The zero-order chi connectivity index (χ0) is 27.4. The number of carbonyl (C=O) groups excluding carboxylic acids is 2. The number of fused-ring (bicyclic) bond motifs is 1. The summed E-state index contributed by atoms with van der Waals surface area (Å²) in [4.78, 5) is 36.2. The highest BCUT2D eigenvalue weighted by Crippen LogP contribution is 2.30. The second-order valence-electron chi connectivity index (χ2n) is 10.1. The van der Waals surface area contributed by atoms with Crippen LogP contribution in [0.25, 0.3) is 0 Å². The molecule has 0 spiro atoms. The maximum Gasteiger partial charge on any atom is 0.251 e. The SMILES string of the molecule is CC(=O)N1CC(Nc2cc(C(=O)NCC(O)CN3CCc4c(ccc(OCc5cnco5)c4C)C3)ccn2)C1. The van der Waals surface area contributed by atoms with Crippen molar-refractivity contribution >= 4 is 17.6 Å². The number of hydrogen-bond donors (Lipinski definition) is 3. The standard InChI is InChI=1S/C28H34N6O5/c1-18-25-6-8-33(12-21(25)3-4-26(18)38-16-24-11-29-17-39-24)15-23(36)10-31-28(37)20-5-7-30-27(9-20)32-22-13-34(14-22)19(2)35/h3-5,7,9,11,17,22-23,36H,6,8,10,12-16H2,1-2H3,(H,30,32)(H,31,37). The molecule has 2 aliphatic rings. The molecule has 1 atom stereocenters. The Morgan fingerprint density at radius 1 is 1.28 bits per heavy atom. The van der Waals surface area contributed by atoms with Crippen molar-refractivity contribution in [3.8, 4) is 5.75 Å². The molecule has 5 rings (SSSR count). The molecule has 0 radical (unpaired) electrons. The molecule has 2 aliphatic heterocycles. The first-order chi connectivity index (χ1) is 18.9. The molecule has 0 aliphatic carbocycles. The molecule has 2 aromatic heterocycles. The van der Waals surface area contributed by atoms with Crippen molar-refractivity contribution in [3.05, 3.63) is 71.1 Å². The van der Waals surface area contributed by atoms with Gasteiger partial charge in [0, 0.05) is 58.0 Å². The highest BCUT2D eigenvalue weighted by molar-refractivity contribution is 5.94. The lowest BCUT2D eigenvalue weighted by molar-refractivity contribution is -0.132.